The van der Waals surface area contributed by atoms with Crippen molar-refractivity contribution in [2.45, 2.75) is 0 Å². The maximum Gasteiger partial charge on any atom is 0.147 e. The Morgan fingerprint density at radius 3 is 1.41 bits per heavy atom. The van der Waals surface area contributed by atoms with Crippen LogP contribution < -0.4 is 4.90 Å². The number of para-hydroxylation sites is 1. The van der Waals surface area contributed by atoms with Gasteiger partial charge in [0.15, 0.2) is 0 Å². The third kappa shape index (κ3) is 4.44. The zero-order chi connectivity index (χ0) is 32.3. The van der Waals surface area contributed by atoms with Crippen molar-refractivity contribution in [1.29, 1.82) is 0 Å². The van der Waals surface area contributed by atoms with Crippen molar-refractivity contribution in [3.8, 4) is 22.3 Å². The molecule has 10 rings (SSSR count). The van der Waals surface area contributed by atoms with E-state index in [1.165, 1.54) is 22.3 Å². The van der Waals surface area contributed by atoms with E-state index in [1.54, 1.807) is 0 Å². The van der Waals surface area contributed by atoms with E-state index in [9.17, 15) is 0 Å². The molecule has 0 fully saturated rings. The fourth-order valence-electron chi connectivity index (χ4n) is 7.34. The molecule has 230 valence electrons. The largest absolute Gasteiger partial charge is 0.455 e. The van der Waals surface area contributed by atoms with E-state index in [2.05, 4.69) is 169 Å². The van der Waals surface area contributed by atoms with Gasteiger partial charge in [0, 0.05) is 38.6 Å². The highest BCUT2D eigenvalue weighted by molar-refractivity contribution is 6.33. The maximum atomic E-state index is 6.74. The van der Waals surface area contributed by atoms with Crippen molar-refractivity contribution in [2.75, 3.05) is 4.90 Å². The van der Waals surface area contributed by atoms with Crippen LogP contribution in [0.1, 0.15) is 0 Å². The fourth-order valence-corrected chi connectivity index (χ4v) is 7.34. The van der Waals surface area contributed by atoms with Gasteiger partial charge in [-0.2, -0.15) is 0 Å². The fraction of sp³-hybridized carbons (Fsp3) is 0. The Labute approximate surface area is 282 Å². The molecule has 0 N–H and O–H groups in total. The van der Waals surface area contributed by atoms with E-state index >= 15 is 0 Å². The number of furan rings is 2. The van der Waals surface area contributed by atoms with E-state index in [4.69, 9.17) is 8.83 Å². The quantitative estimate of drug-likeness (QED) is 0.190. The summed E-state index contributed by atoms with van der Waals surface area (Å²) < 4.78 is 13.2. The number of hydrogen-bond donors (Lipinski definition) is 0. The second kappa shape index (κ2) is 11.0. The molecule has 0 atom stereocenters. The van der Waals surface area contributed by atoms with Crippen LogP contribution in [0.5, 0.6) is 0 Å². The van der Waals surface area contributed by atoms with Gasteiger partial charge in [-0.15, -0.1) is 0 Å². The van der Waals surface area contributed by atoms with Gasteiger partial charge in [-0.3, -0.25) is 0 Å². The third-order valence-electron chi connectivity index (χ3n) is 9.66. The van der Waals surface area contributed by atoms with Gasteiger partial charge in [0.25, 0.3) is 0 Å². The molecule has 10 aromatic rings. The second-order valence-corrected chi connectivity index (χ2v) is 12.5. The van der Waals surface area contributed by atoms with Crippen LogP contribution in [0.4, 0.5) is 17.1 Å². The monoisotopic (exact) mass is 627 g/mol. The zero-order valence-corrected chi connectivity index (χ0v) is 26.5. The number of hydrogen-bond acceptors (Lipinski definition) is 3. The van der Waals surface area contributed by atoms with Gasteiger partial charge in [0.1, 0.15) is 22.3 Å². The van der Waals surface area contributed by atoms with E-state index in [-0.39, 0.29) is 0 Å². The number of rotatable bonds is 5. The highest BCUT2D eigenvalue weighted by Crippen LogP contribution is 2.46. The first-order valence-electron chi connectivity index (χ1n) is 16.6. The highest BCUT2D eigenvalue weighted by atomic mass is 16.3. The topological polar surface area (TPSA) is 29.5 Å². The molecular weight excluding hydrogens is 599 g/mol. The summed E-state index contributed by atoms with van der Waals surface area (Å²) in [5.41, 5.74) is 11.4. The summed E-state index contributed by atoms with van der Waals surface area (Å²) in [5, 5.41) is 6.45. The van der Waals surface area contributed by atoms with Crippen LogP contribution in [0.2, 0.25) is 0 Å². The summed E-state index contributed by atoms with van der Waals surface area (Å²) in [4.78, 5) is 2.33. The van der Waals surface area contributed by atoms with Crippen LogP contribution in [0.25, 0.3) is 76.9 Å². The summed E-state index contributed by atoms with van der Waals surface area (Å²) in [6.45, 7) is 0. The Bertz CT molecular complexity index is 2710. The summed E-state index contributed by atoms with van der Waals surface area (Å²) in [7, 11) is 0. The molecule has 0 bridgehead atoms. The Morgan fingerprint density at radius 1 is 0.306 bits per heavy atom. The molecule has 49 heavy (non-hydrogen) atoms. The molecule has 0 radical (unpaired) electrons. The number of anilines is 3. The Balaban J connectivity index is 1.19. The predicted molar refractivity (Wildman–Crippen MR) is 204 cm³/mol. The van der Waals surface area contributed by atoms with E-state index < -0.39 is 0 Å². The predicted octanol–water partition coefficient (Wildman–Crippen LogP) is 13.4. The average molecular weight is 628 g/mol. The maximum absolute atomic E-state index is 6.74. The lowest BCUT2D eigenvalue weighted by Gasteiger charge is -2.26. The molecular formula is C46H29NO2. The summed E-state index contributed by atoms with van der Waals surface area (Å²) in [6, 6.07) is 62.0. The van der Waals surface area contributed by atoms with Gasteiger partial charge in [0.2, 0.25) is 0 Å². The molecule has 2 heterocycles. The number of nitrogens with zero attached hydrogens (tertiary/aromatic N) is 1. The number of benzene rings is 8. The van der Waals surface area contributed by atoms with Crippen LogP contribution in [0.3, 0.4) is 0 Å². The van der Waals surface area contributed by atoms with Crippen molar-refractivity contribution in [2.24, 2.45) is 0 Å². The van der Waals surface area contributed by atoms with Crippen molar-refractivity contribution < 1.29 is 8.83 Å². The van der Waals surface area contributed by atoms with Crippen molar-refractivity contribution in [3.05, 3.63) is 176 Å². The molecule has 8 aromatic carbocycles. The van der Waals surface area contributed by atoms with Crippen LogP contribution in [0, 0.1) is 0 Å². The van der Waals surface area contributed by atoms with Gasteiger partial charge in [0.05, 0.1) is 5.39 Å². The van der Waals surface area contributed by atoms with Crippen molar-refractivity contribution >= 4 is 71.7 Å². The lowest BCUT2D eigenvalue weighted by Crippen LogP contribution is -2.09. The molecule has 0 spiro atoms. The molecule has 3 nitrogen and oxygen atoms in total. The van der Waals surface area contributed by atoms with Crippen molar-refractivity contribution in [3.63, 3.8) is 0 Å². The van der Waals surface area contributed by atoms with Crippen molar-refractivity contribution in [1.82, 2.24) is 0 Å². The molecule has 0 aliphatic carbocycles. The van der Waals surface area contributed by atoms with Crippen LogP contribution >= 0.6 is 0 Å². The lowest BCUT2D eigenvalue weighted by molar-refractivity contribution is 0.665. The molecule has 0 saturated carbocycles. The van der Waals surface area contributed by atoms with Crippen LogP contribution in [0.15, 0.2) is 185 Å². The summed E-state index contributed by atoms with van der Waals surface area (Å²) in [6.07, 6.45) is 0. The van der Waals surface area contributed by atoms with Crippen LogP contribution in [-0.4, -0.2) is 0 Å². The summed E-state index contributed by atoms with van der Waals surface area (Å²) in [5.74, 6) is 0. The van der Waals surface area contributed by atoms with E-state index in [0.29, 0.717) is 0 Å². The normalized spacial score (nSPS) is 11.7. The third-order valence-corrected chi connectivity index (χ3v) is 9.66. The molecule has 3 heteroatoms. The first-order valence-corrected chi connectivity index (χ1v) is 16.6. The first kappa shape index (κ1) is 27.5. The average Bonchev–Trinajstić information content (AvgIpc) is 3.76. The molecule has 0 aliphatic heterocycles. The van der Waals surface area contributed by atoms with E-state index in [1.807, 2.05) is 12.1 Å². The zero-order valence-electron chi connectivity index (χ0n) is 26.5. The molecule has 0 amide bonds. The Hall–Kier alpha value is -6.58. The summed E-state index contributed by atoms with van der Waals surface area (Å²) >= 11 is 0. The number of fused-ring (bicyclic) bond motifs is 10. The lowest BCUT2D eigenvalue weighted by atomic mass is 9.99. The molecule has 0 aliphatic rings. The van der Waals surface area contributed by atoms with E-state index in [0.717, 1.165) is 71.7 Å². The SMILES string of the molecule is c1ccc(-c2ccc(N(c3ccc(-c4ccccc4)cc3)c3ccc4oc5c(c4c3)c3ccccc3c3oc4ccccc4c35)cc2)cc1. The van der Waals surface area contributed by atoms with Gasteiger partial charge >= 0.3 is 0 Å². The molecule has 0 unspecified atom stereocenters. The second-order valence-electron chi connectivity index (χ2n) is 12.5. The highest BCUT2D eigenvalue weighted by Gasteiger charge is 2.22. The van der Waals surface area contributed by atoms with Crippen LogP contribution in [-0.2, 0) is 0 Å². The minimum atomic E-state index is 0.848. The smallest absolute Gasteiger partial charge is 0.147 e. The Morgan fingerprint density at radius 2 is 0.776 bits per heavy atom. The molecule has 0 saturated heterocycles. The standard InChI is InChI=1S/C46H29NO2/c1-3-11-30(12-4-1)32-19-23-34(24-20-32)47(35-25-21-33(22-26-35)31-13-5-2-6-14-31)36-27-28-42-40(29-36)43-37-15-7-8-16-38(37)45-44(46(43)49-42)39-17-9-10-18-41(39)48-45/h1-29H. The van der Waals surface area contributed by atoms with Gasteiger partial charge in [-0.1, -0.05) is 127 Å². The Kier molecular flexibility index (Phi) is 6.18. The molecule has 2 aromatic heterocycles. The van der Waals surface area contributed by atoms with Gasteiger partial charge in [-0.05, 0) is 76.2 Å². The van der Waals surface area contributed by atoms with Gasteiger partial charge in [-0.25, -0.2) is 0 Å². The first-order chi connectivity index (χ1) is 24.3. The minimum absolute atomic E-state index is 0.848. The van der Waals surface area contributed by atoms with Gasteiger partial charge < -0.3 is 13.7 Å². The minimum Gasteiger partial charge on any atom is -0.455 e.